The molecule has 1 N–H and O–H groups in total. The molecule has 1 aliphatic rings. The summed E-state index contributed by atoms with van der Waals surface area (Å²) in [6.07, 6.45) is 0. The number of nitrogens with zero attached hydrogens (tertiary/aromatic N) is 1. The van der Waals surface area contributed by atoms with Crippen LogP contribution in [-0.2, 0) is 14.8 Å². The van der Waals surface area contributed by atoms with Crippen molar-refractivity contribution < 1.29 is 18.3 Å². The van der Waals surface area contributed by atoms with Crippen LogP contribution in [0.2, 0.25) is 0 Å². The maximum absolute atomic E-state index is 13.4. The number of anilines is 1. The Hall–Kier alpha value is -2.34. The van der Waals surface area contributed by atoms with Crippen LogP contribution in [0.5, 0.6) is 0 Å². The summed E-state index contributed by atoms with van der Waals surface area (Å²) in [7, 11) is -3.85. The SMILES string of the molecule is Cc1cc(C)c(C)c(S(=O)(=O)N2CC(C(=O)O)c3ccccc32)c1C. The van der Waals surface area contributed by atoms with Crippen LogP contribution in [0.4, 0.5) is 5.69 Å². The number of aliphatic carboxylic acids is 1. The van der Waals surface area contributed by atoms with Gasteiger partial charge in [0.2, 0.25) is 0 Å². The normalized spacial score (nSPS) is 16.8. The highest BCUT2D eigenvalue weighted by Gasteiger charge is 2.40. The van der Waals surface area contributed by atoms with E-state index < -0.39 is 21.9 Å². The van der Waals surface area contributed by atoms with Crippen molar-refractivity contribution in [3.63, 3.8) is 0 Å². The molecule has 25 heavy (non-hydrogen) atoms. The first kappa shape index (κ1) is 17.5. The quantitative estimate of drug-likeness (QED) is 0.912. The highest BCUT2D eigenvalue weighted by Crippen LogP contribution is 2.41. The monoisotopic (exact) mass is 359 g/mol. The number of benzene rings is 2. The summed E-state index contributed by atoms with van der Waals surface area (Å²) in [6.45, 7) is 7.29. The molecule has 1 atom stereocenters. The third-order valence-corrected chi connectivity index (χ3v) is 7.13. The number of rotatable bonds is 3. The minimum Gasteiger partial charge on any atom is -0.481 e. The van der Waals surface area contributed by atoms with Crippen LogP contribution >= 0.6 is 0 Å². The van der Waals surface area contributed by atoms with Gasteiger partial charge in [-0.1, -0.05) is 24.3 Å². The largest absolute Gasteiger partial charge is 0.481 e. The van der Waals surface area contributed by atoms with Gasteiger partial charge in [-0.05, 0) is 61.6 Å². The second-order valence-electron chi connectivity index (χ2n) is 6.58. The summed E-state index contributed by atoms with van der Waals surface area (Å²) in [5.74, 6) is -1.86. The first-order valence-electron chi connectivity index (χ1n) is 8.08. The molecule has 0 radical (unpaired) electrons. The summed E-state index contributed by atoms with van der Waals surface area (Å²) in [6, 6.07) is 8.79. The lowest BCUT2D eigenvalue weighted by atomic mass is 10.0. The van der Waals surface area contributed by atoms with E-state index in [0.717, 1.165) is 11.1 Å². The Bertz CT molecular complexity index is 953. The molecule has 3 rings (SSSR count). The Morgan fingerprint density at radius 2 is 1.64 bits per heavy atom. The Morgan fingerprint density at radius 3 is 2.20 bits per heavy atom. The molecular formula is C19H21NO4S. The molecule has 6 heteroatoms. The molecule has 2 aromatic rings. The fraction of sp³-hybridized carbons (Fsp3) is 0.316. The van der Waals surface area contributed by atoms with Gasteiger partial charge < -0.3 is 5.11 Å². The van der Waals surface area contributed by atoms with Crippen molar-refractivity contribution in [3.8, 4) is 0 Å². The average molecular weight is 359 g/mol. The van der Waals surface area contributed by atoms with E-state index in [9.17, 15) is 18.3 Å². The number of fused-ring (bicyclic) bond motifs is 1. The number of sulfonamides is 1. The van der Waals surface area contributed by atoms with Gasteiger partial charge in [0.25, 0.3) is 10.0 Å². The summed E-state index contributed by atoms with van der Waals surface area (Å²) in [4.78, 5) is 11.9. The predicted molar refractivity (Wildman–Crippen MR) is 96.7 cm³/mol. The van der Waals surface area contributed by atoms with E-state index in [0.29, 0.717) is 22.4 Å². The van der Waals surface area contributed by atoms with E-state index in [1.165, 1.54) is 4.31 Å². The van der Waals surface area contributed by atoms with Gasteiger partial charge in [-0.3, -0.25) is 9.10 Å². The Kier molecular flexibility index (Phi) is 4.11. The van der Waals surface area contributed by atoms with Gasteiger partial charge in [0, 0.05) is 0 Å². The molecule has 5 nitrogen and oxygen atoms in total. The van der Waals surface area contributed by atoms with Gasteiger partial charge in [-0.15, -0.1) is 0 Å². The first-order chi connectivity index (χ1) is 11.7. The molecule has 0 bridgehead atoms. The van der Waals surface area contributed by atoms with E-state index >= 15 is 0 Å². The van der Waals surface area contributed by atoms with Gasteiger partial charge in [0.15, 0.2) is 0 Å². The molecule has 0 aromatic heterocycles. The van der Waals surface area contributed by atoms with Crippen LogP contribution in [0, 0.1) is 27.7 Å². The molecule has 1 aliphatic heterocycles. The molecule has 132 valence electrons. The number of carbonyl (C=O) groups is 1. The molecule has 0 amide bonds. The summed E-state index contributed by atoms with van der Waals surface area (Å²) < 4.78 is 28.1. The summed E-state index contributed by atoms with van der Waals surface area (Å²) >= 11 is 0. The zero-order valence-corrected chi connectivity index (χ0v) is 15.5. The lowest BCUT2D eigenvalue weighted by Crippen LogP contribution is -2.32. The van der Waals surface area contributed by atoms with E-state index in [2.05, 4.69) is 0 Å². The fourth-order valence-corrected chi connectivity index (χ4v) is 5.58. The number of hydrogen-bond donors (Lipinski definition) is 1. The lowest BCUT2D eigenvalue weighted by Gasteiger charge is -2.24. The number of para-hydroxylation sites is 1. The van der Waals surface area contributed by atoms with E-state index in [1.54, 1.807) is 38.1 Å². The van der Waals surface area contributed by atoms with Gasteiger partial charge in [-0.25, -0.2) is 8.42 Å². The molecule has 1 unspecified atom stereocenters. The Morgan fingerprint density at radius 1 is 1.08 bits per heavy atom. The minimum atomic E-state index is -3.85. The second-order valence-corrected chi connectivity index (χ2v) is 8.37. The lowest BCUT2D eigenvalue weighted by molar-refractivity contribution is -0.138. The van der Waals surface area contributed by atoms with Crippen LogP contribution in [0.3, 0.4) is 0 Å². The van der Waals surface area contributed by atoms with Crippen LogP contribution in [-0.4, -0.2) is 26.0 Å². The Labute approximate surface area is 148 Å². The zero-order chi connectivity index (χ0) is 18.5. The molecule has 0 saturated heterocycles. The molecule has 2 aromatic carbocycles. The smallest absolute Gasteiger partial charge is 0.312 e. The van der Waals surface area contributed by atoms with Crippen molar-refractivity contribution in [3.05, 3.63) is 58.1 Å². The van der Waals surface area contributed by atoms with Crippen molar-refractivity contribution in [2.75, 3.05) is 10.8 Å². The van der Waals surface area contributed by atoms with Gasteiger partial charge >= 0.3 is 5.97 Å². The van der Waals surface area contributed by atoms with Crippen LogP contribution in [0.1, 0.15) is 33.7 Å². The molecule has 0 spiro atoms. The highest BCUT2D eigenvalue weighted by atomic mass is 32.2. The van der Waals surface area contributed by atoms with E-state index in [1.807, 2.05) is 19.9 Å². The third-order valence-electron chi connectivity index (χ3n) is 5.07. The van der Waals surface area contributed by atoms with Crippen molar-refractivity contribution in [2.45, 2.75) is 38.5 Å². The number of carboxylic acids is 1. The van der Waals surface area contributed by atoms with Crippen molar-refractivity contribution >= 4 is 21.7 Å². The first-order valence-corrected chi connectivity index (χ1v) is 9.52. The van der Waals surface area contributed by atoms with E-state index in [4.69, 9.17) is 0 Å². The van der Waals surface area contributed by atoms with Crippen LogP contribution < -0.4 is 4.31 Å². The van der Waals surface area contributed by atoms with Crippen molar-refractivity contribution in [2.24, 2.45) is 0 Å². The number of aryl methyl sites for hydroxylation is 2. The van der Waals surface area contributed by atoms with E-state index in [-0.39, 0.29) is 11.4 Å². The van der Waals surface area contributed by atoms with Gasteiger partial charge in [-0.2, -0.15) is 0 Å². The number of hydrogen-bond acceptors (Lipinski definition) is 3. The fourth-order valence-electron chi connectivity index (χ4n) is 3.49. The minimum absolute atomic E-state index is 0.0805. The van der Waals surface area contributed by atoms with Crippen molar-refractivity contribution in [1.29, 1.82) is 0 Å². The number of carboxylic acid groups (broad SMARTS) is 1. The maximum Gasteiger partial charge on any atom is 0.312 e. The van der Waals surface area contributed by atoms with Gasteiger partial charge in [0.05, 0.1) is 17.1 Å². The topological polar surface area (TPSA) is 74.7 Å². The average Bonchev–Trinajstić information content (AvgIpc) is 2.93. The van der Waals surface area contributed by atoms with Crippen LogP contribution in [0.25, 0.3) is 0 Å². The van der Waals surface area contributed by atoms with Gasteiger partial charge in [0.1, 0.15) is 5.92 Å². The molecule has 0 fully saturated rings. The zero-order valence-electron chi connectivity index (χ0n) is 14.7. The predicted octanol–water partition coefficient (Wildman–Crippen LogP) is 3.30. The summed E-state index contributed by atoms with van der Waals surface area (Å²) in [5, 5.41) is 9.49. The third kappa shape index (κ3) is 2.61. The van der Waals surface area contributed by atoms with Crippen molar-refractivity contribution in [1.82, 2.24) is 0 Å². The highest BCUT2D eigenvalue weighted by molar-refractivity contribution is 7.93. The maximum atomic E-state index is 13.4. The van der Waals surface area contributed by atoms with Crippen LogP contribution in [0.15, 0.2) is 35.2 Å². The Balaban J connectivity index is 2.23. The molecular weight excluding hydrogens is 338 g/mol. The second kappa shape index (κ2) is 5.88. The standard InChI is InChI=1S/C19H21NO4S/c1-11-9-12(2)14(4)18(13(11)3)25(23,24)20-10-16(19(21)22)15-7-5-6-8-17(15)20/h5-9,16H,10H2,1-4H3,(H,21,22). The summed E-state index contributed by atoms with van der Waals surface area (Å²) in [5.41, 5.74) is 4.22. The molecule has 1 heterocycles. The molecule has 0 saturated carbocycles. The molecule has 0 aliphatic carbocycles.